The molecule has 2 aromatic heterocycles. The molecule has 3 aromatic rings. The van der Waals surface area contributed by atoms with Crippen molar-refractivity contribution >= 4 is 46.1 Å². The van der Waals surface area contributed by atoms with E-state index in [1.807, 2.05) is 19.0 Å². The molecule has 11 heteroatoms. The topological polar surface area (TPSA) is 108 Å². The first-order valence-electron chi connectivity index (χ1n) is 9.24. The lowest BCUT2D eigenvalue weighted by Gasteiger charge is -2.10. The molecule has 0 spiro atoms. The zero-order chi connectivity index (χ0) is 22.4. The van der Waals surface area contributed by atoms with Crippen molar-refractivity contribution in [2.45, 2.75) is 6.54 Å². The molecule has 1 aromatic carbocycles. The van der Waals surface area contributed by atoms with Gasteiger partial charge in [-0.3, -0.25) is 19.1 Å². The Morgan fingerprint density at radius 3 is 2.52 bits per heavy atom. The van der Waals surface area contributed by atoms with Crippen LogP contribution in [0.15, 0.2) is 47.4 Å². The van der Waals surface area contributed by atoms with Crippen LogP contribution < -0.4 is 16.0 Å². The predicted molar refractivity (Wildman–Crippen MR) is 117 cm³/mol. The van der Waals surface area contributed by atoms with E-state index < -0.39 is 23.5 Å². The third kappa shape index (κ3) is 6.20. The minimum absolute atomic E-state index is 0.114. The number of nitrogens with zero attached hydrogens (tertiary/aromatic N) is 3. The lowest BCUT2D eigenvalue weighted by Crippen LogP contribution is -2.29. The van der Waals surface area contributed by atoms with Crippen LogP contribution in [0.3, 0.4) is 0 Å². The number of hydrogen-bond donors (Lipinski definition) is 3. The third-order valence-electron chi connectivity index (χ3n) is 4.13. The van der Waals surface area contributed by atoms with Crippen molar-refractivity contribution in [2.24, 2.45) is 0 Å². The molecule has 0 unspecified atom stereocenters. The highest BCUT2D eigenvalue weighted by Gasteiger charge is 2.17. The van der Waals surface area contributed by atoms with Crippen LogP contribution >= 0.6 is 11.3 Å². The molecule has 3 amide bonds. The van der Waals surface area contributed by atoms with Gasteiger partial charge in [-0.05, 0) is 43.7 Å². The highest BCUT2D eigenvalue weighted by atomic mass is 32.1. The molecule has 3 N–H and O–H groups in total. The number of anilines is 3. The summed E-state index contributed by atoms with van der Waals surface area (Å²) in [4.78, 5) is 38.5. The zero-order valence-electron chi connectivity index (χ0n) is 16.9. The number of carbonyl (C=O) groups is 3. The predicted octanol–water partition coefficient (Wildman–Crippen LogP) is 2.47. The monoisotopic (exact) mass is 444 g/mol. The summed E-state index contributed by atoms with van der Waals surface area (Å²) >= 11 is 1.34. The number of amides is 3. The third-order valence-corrected chi connectivity index (χ3v) is 4.81. The lowest BCUT2D eigenvalue weighted by atomic mass is 10.2. The molecule has 0 bridgehead atoms. The summed E-state index contributed by atoms with van der Waals surface area (Å²) in [6.07, 6.45) is 3.06. The van der Waals surface area contributed by atoms with E-state index in [9.17, 15) is 18.8 Å². The molecule has 0 aliphatic carbocycles. The maximum atomic E-state index is 14.1. The Bertz CT molecular complexity index is 1080. The van der Waals surface area contributed by atoms with Crippen LogP contribution in [0.2, 0.25) is 0 Å². The minimum atomic E-state index is -0.942. The average Bonchev–Trinajstić information content (AvgIpc) is 3.41. The van der Waals surface area contributed by atoms with Crippen molar-refractivity contribution in [1.82, 2.24) is 14.7 Å². The molecule has 9 nitrogen and oxygen atoms in total. The molecule has 31 heavy (non-hydrogen) atoms. The number of hydrogen-bond acceptors (Lipinski definition) is 6. The lowest BCUT2D eigenvalue weighted by molar-refractivity contribution is -0.132. The van der Waals surface area contributed by atoms with Gasteiger partial charge in [-0.25, -0.2) is 4.39 Å². The number of benzene rings is 1. The summed E-state index contributed by atoms with van der Waals surface area (Å²) in [5, 5.41) is 14.8. The Kier molecular flexibility index (Phi) is 7.11. The van der Waals surface area contributed by atoms with Crippen LogP contribution in [-0.4, -0.2) is 53.0 Å². The van der Waals surface area contributed by atoms with E-state index >= 15 is 0 Å². The molecule has 0 aliphatic rings. The van der Waals surface area contributed by atoms with Crippen molar-refractivity contribution < 1.29 is 18.8 Å². The highest BCUT2D eigenvalue weighted by molar-refractivity contribution is 7.08. The van der Waals surface area contributed by atoms with E-state index in [1.165, 1.54) is 29.7 Å². The quantitative estimate of drug-likeness (QED) is 0.485. The van der Waals surface area contributed by atoms with E-state index in [0.717, 1.165) is 12.6 Å². The first-order chi connectivity index (χ1) is 14.8. The maximum absolute atomic E-state index is 14.1. The normalized spacial score (nSPS) is 10.7. The molecule has 0 radical (unpaired) electrons. The van der Waals surface area contributed by atoms with E-state index in [0.29, 0.717) is 17.8 Å². The van der Waals surface area contributed by atoms with Gasteiger partial charge in [-0.2, -0.15) is 16.4 Å². The minimum Gasteiger partial charge on any atom is -0.319 e. The largest absolute Gasteiger partial charge is 0.319 e. The van der Waals surface area contributed by atoms with Crippen molar-refractivity contribution in [3.63, 3.8) is 0 Å². The summed E-state index contributed by atoms with van der Waals surface area (Å²) in [5.41, 5.74) is 0.812. The van der Waals surface area contributed by atoms with Gasteiger partial charge in [0.1, 0.15) is 5.82 Å². The number of aromatic nitrogens is 2. The van der Waals surface area contributed by atoms with Gasteiger partial charge >= 0.3 is 11.8 Å². The van der Waals surface area contributed by atoms with Crippen molar-refractivity contribution in [3.8, 4) is 0 Å². The van der Waals surface area contributed by atoms with Gasteiger partial charge in [-0.15, -0.1) is 0 Å². The number of nitrogens with one attached hydrogen (secondary N) is 3. The number of carbonyl (C=O) groups excluding carboxylic acids is 3. The summed E-state index contributed by atoms with van der Waals surface area (Å²) in [6.45, 7) is 1.40. The van der Waals surface area contributed by atoms with Gasteiger partial charge in [0.25, 0.3) is 5.91 Å². The smallest absolute Gasteiger partial charge is 0.314 e. The Labute approximate surface area is 181 Å². The second-order valence-corrected chi connectivity index (χ2v) is 7.64. The molecule has 0 saturated heterocycles. The standard InChI is InChI=1S/C20H21FN6O3S/c1-26(2)6-7-27-11-15(10-22-27)24-20(30)19(29)23-14-3-4-16(21)17(9-14)25-18(28)13-5-8-31-12-13/h3-5,8-12H,6-7H2,1-2H3,(H,23,29)(H,24,30)(H,25,28). The summed E-state index contributed by atoms with van der Waals surface area (Å²) in [6, 6.07) is 5.23. The van der Waals surface area contributed by atoms with Crippen LogP contribution in [0.5, 0.6) is 0 Å². The van der Waals surface area contributed by atoms with E-state index in [1.54, 1.807) is 27.7 Å². The molecule has 0 fully saturated rings. The van der Waals surface area contributed by atoms with Gasteiger partial charge in [-0.1, -0.05) is 0 Å². The van der Waals surface area contributed by atoms with Gasteiger partial charge in [0.15, 0.2) is 0 Å². The second kappa shape index (κ2) is 9.96. The molecule has 162 valence electrons. The van der Waals surface area contributed by atoms with Crippen LogP contribution in [0.25, 0.3) is 0 Å². The molecule has 0 atom stereocenters. The van der Waals surface area contributed by atoms with Gasteiger partial charge in [0.05, 0.1) is 29.7 Å². The number of halogens is 1. The van der Waals surface area contributed by atoms with Gasteiger partial charge in [0.2, 0.25) is 0 Å². The number of rotatable bonds is 7. The molecule has 0 aliphatic heterocycles. The SMILES string of the molecule is CN(C)CCn1cc(NC(=O)C(=O)Nc2ccc(F)c(NC(=O)c3ccsc3)c2)cn1. The highest BCUT2D eigenvalue weighted by Crippen LogP contribution is 2.21. The van der Waals surface area contributed by atoms with Gasteiger partial charge in [0, 0.05) is 23.8 Å². The number of likely N-dealkylation sites (N-methyl/N-ethyl adjacent to an activating group) is 1. The van der Waals surface area contributed by atoms with Crippen LogP contribution in [-0.2, 0) is 16.1 Å². The van der Waals surface area contributed by atoms with Gasteiger partial charge < -0.3 is 20.9 Å². The van der Waals surface area contributed by atoms with Crippen molar-refractivity contribution in [2.75, 3.05) is 36.6 Å². The fourth-order valence-corrected chi connectivity index (χ4v) is 3.15. The van der Waals surface area contributed by atoms with Crippen LogP contribution in [0.1, 0.15) is 10.4 Å². The van der Waals surface area contributed by atoms with E-state index in [4.69, 9.17) is 0 Å². The Morgan fingerprint density at radius 2 is 1.84 bits per heavy atom. The first-order valence-corrected chi connectivity index (χ1v) is 10.2. The summed E-state index contributed by atoms with van der Waals surface area (Å²) in [5.74, 6) is -2.99. The summed E-state index contributed by atoms with van der Waals surface area (Å²) in [7, 11) is 3.87. The van der Waals surface area contributed by atoms with E-state index in [2.05, 4.69) is 21.0 Å². The fourth-order valence-electron chi connectivity index (χ4n) is 2.52. The average molecular weight is 444 g/mol. The van der Waals surface area contributed by atoms with E-state index in [-0.39, 0.29) is 11.4 Å². The fraction of sp³-hybridized carbons (Fsp3) is 0.200. The zero-order valence-corrected chi connectivity index (χ0v) is 17.7. The van der Waals surface area contributed by atoms with Crippen LogP contribution in [0.4, 0.5) is 21.5 Å². The molecule has 3 rings (SSSR count). The first kappa shape index (κ1) is 22.1. The second-order valence-electron chi connectivity index (χ2n) is 6.86. The summed E-state index contributed by atoms with van der Waals surface area (Å²) < 4.78 is 15.7. The molecular formula is C20H21FN6O3S. The molecule has 2 heterocycles. The number of thiophene rings is 1. The van der Waals surface area contributed by atoms with Crippen LogP contribution in [0, 0.1) is 5.82 Å². The Morgan fingerprint density at radius 1 is 1.10 bits per heavy atom. The molecule has 0 saturated carbocycles. The van der Waals surface area contributed by atoms with Crippen molar-refractivity contribution in [1.29, 1.82) is 0 Å². The Hall–Kier alpha value is -3.57. The molecular weight excluding hydrogens is 423 g/mol. The van der Waals surface area contributed by atoms with Crippen molar-refractivity contribution in [3.05, 3.63) is 58.8 Å². The maximum Gasteiger partial charge on any atom is 0.314 e. The Balaban J connectivity index is 1.59.